The minimum Gasteiger partial charge on any atom is -0.286 e. The normalized spacial score (nSPS) is 20.8. The van der Waals surface area contributed by atoms with Crippen molar-refractivity contribution < 1.29 is 14.4 Å². The Morgan fingerprint density at radius 2 is 1.83 bits per heavy atom. The van der Waals surface area contributed by atoms with Gasteiger partial charge in [0.05, 0.1) is 9.99 Å². The Balaban J connectivity index is 1.77. The molecule has 4 rings (SSSR count). The highest BCUT2D eigenvalue weighted by atomic mass is 32.2. The topological polar surface area (TPSA) is 93.9 Å². The van der Waals surface area contributed by atoms with Gasteiger partial charge in [-0.25, -0.2) is 4.68 Å². The smallest absolute Gasteiger partial charge is 0.276 e. The summed E-state index contributed by atoms with van der Waals surface area (Å²) in [6.45, 7) is 0. The van der Waals surface area contributed by atoms with Crippen molar-refractivity contribution in [2.24, 2.45) is 0 Å². The molecule has 1 aromatic heterocycles. The van der Waals surface area contributed by atoms with E-state index >= 15 is 0 Å². The van der Waals surface area contributed by atoms with E-state index in [-0.39, 0.29) is 21.6 Å². The van der Waals surface area contributed by atoms with Gasteiger partial charge in [-0.2, -0.15) is 0 Å². The molecule has 1 amide bonds. The van der Waals surface area contributed by atoms with Gasteiger partial charge in [-0.3, -0.25) is 19.8 Å². The minimum absolute atomic E-state index is 0.00892. The lowest BCUT2D eigenvalue weighted by Crippen LogP contribution is -2.25. The molecule has 0 radical (unpaired) electrons. The van der Waals surface area contributed by atoms with Crippen LogP contribution in [0, 0.1) is 0 Å². The van der Waals surface area contributed by atoms with Crippen molar-refractivity contribution in [2.45, 2.75) is 5.16 Å². The Labute approximate surface area is 148 Å². The molecule has 1 saturated heterocycles. The number of rotatable bonds is 1. The fraction of sp³-hybridized carbons (Fsp3) is 0.0714. The standard InChI is InChI=1S/C14H8N4O3S3/c19-8-6-22-13(23-8)9-11(20)17-18-10(7-4-2-1-3-5-7)15-16-14(18)24-12(9)21/h1-5H,6H2,(H,17,20)/b13-9-. The highest BCUT2D eigenvalue weighted by Crippen LogP contribution is 2.42. The number of amides is 1. The highest BCUT2D eigenvalue weighted by molar-refractivity contribution is 8.34. The first kappa shape index (κ1) is 15.5. The van der Waals surface area contributed by atoms with E-state index in [9.17, 15) is 14.4 Å². The number of carbonyl (C=O) groups is 3. The molecule has 7 nitrogen and oxygen atoms in total. The number of benzene rings is 1. The van der Waals surface area contributed by atoms with E-state index in [0.717, 1.165) is 29.1 Å². The van der Waals surface area contributed by atoms with Crippen molar-refractivity contribution in [3.63, 3.8) is 0 Å². The van der Waals surface area contributed by atoms with Gasteiger partial charge >= 0.3 is 0 Å². The van der Waals surface area contributed by atoms with Gasteiger partial charge in [0.15, 0.2) is 5.82 Å². The first-order chi connectivity index (χ1) is 11.6. The van der Waals surface area contributed by atoms with Gasteiger partial charge in [-0.05, 0) is 23.5 Å². The second-order valence-electron chi connectivity index (χ2n) is 4.76. The van der Waals surface area contributed by atoms with Gasteiger partial charge in [0.2, 0.25) is 15.4 Å². The van der Waals surface area contributed by atoms with Crippen LogP contribution in [0.15, 0.2) is 45.3 Å². The van der Waals surface area contributed by atoms with Crippen molar-refractivity contribution in [2.75, 3.05) is 11.2 Å². The van der Waals surface area contributed by atoms with Gasteiger partial charge in [-0.1, -0.05) is 30.3 Å². The molecule has 0 bridgehead atoms. The number of aromatic nitrogens is 3. The molecule has 1 fully saturated rings. The summed E-state index contributed by atoms with van der Waals surface area (Å²) in [4.78, 5) is 36.4. The molecule has 1 N–H and O–H groups in total. The molecule has 0 spiro atoms. The number of thioether (sulfide) groups is 3. The summed E-state index contributed by atoms with van der Waals surface area (Å²) in [6.07, 6.45) is 0. The van der Waals surface area contributed by atoms with Crippen LogP contribution < -0.4 is 5.43 Å². The monoisotopic (exact) mass is 376 g/mol. The molecule has 24 heavy (non-hydrogen) atoms. The number of hydrogen-bond donors (Lipinski definition) is 1. The van der Waals surface area contributed by atoms with Crippen molar-refractivity contribution in [3.05, 3.63) is 40.1 Å². The van der Waals surface area contributed by atoms with E-state index in [1.54, 1.807) is 0 Å². The van der Waals surface area contributed by atoms with Gasteiger partial charge in [0, 0.05) is 5.56 Å². The van der Waals surface area contributed by atoms with Crippen LogP contribution in [0.1, 0.15) is 0 Å². The van der Waals surface area contributed by atoms with E-state index in [1.807, 2.05) is 30.3 Å². The number of nitrogens with one attached hydrogen (secondary N) is 1. The lowest BCUT2D eigenvalue weighted by atomic mass is 10.2. The molecule has 3 heterocycles. The van der Waals surface area contributed by atoms with Gasteiger partial charge in [0.25, 0.3) is 5.91 Å². The van der Waals surface area contributed by atoms with Crippen LogP contribution in [0.25, 0.3) is 11.4 Å². The first-order valence-corrected chi connectivity index (χ1v) is 9.37. The Bertz CT molecular complexity index is 907. The van der Waals surface area contributed by atoms with Crippen LogP contribution >= 0.6 is 35.3 Å². The molecular formula is C14H8N4O3S3. The van der Waals surface area contributed by atoms with E-state index in [4.69, 9.17) is 0 Å². The summed E-state index contributed by atoms with van der Waals surface area (Å²) in [5.41, 5.74) is 3.41. The minimum atomic E-state index is -0.562. The molecular weight excluding hydrogens is 368 g/mol. The zero-order chi connectivity index (χ0) is 16.7. The van der Waals surface area contributed by atoms with Crippen LogP contribution in [-0.2, 0) is 14.4 Å². The third-order valence-corrected chi connectivity index (χ3v) is 6.48. The summed E-state index contributed by atoms with van der Waals surface area (Å²) in [5.74, 6) is 0.136. The molecule has 1 aromatic carbocycles. The molecule has 0 aliphatic carbocycles. The zero-order valence-electron chi connectivity index (χ0n) is 11.9. The molecule has 0 unspecified atom stereocenters. The number of hydrogen-bond acceptors (Lipinski definition) is 8. The molecule has 2 aromatic rings. The highest BCUT2D eigenvalue weighted by Gasteiger charge is 2.34. The second-order valence-corrected chi connectivity index (χ2v) is 8.02. The average Bonchev–Trinajstić information content (AvgIpc) is 3.13. The Hall–Kier alpha value is -2.04. The molecule has 0 atom stereocenters. The quantitative estimate of drug-likeness (QED) is 0.595. The predicted octanol–water partition coefficient (Wildman–Crippen LogP) is 1.87. The largest absolute Gasteiger partial charge is 0.286 e. The molecule has 2 aliphatic heterocycles. The fourth-order valence-electron chi connectivity index (χ4n) is 2.18. The summed E-state index contributed by atoms with van der Waals surface area (Å²) in [6, 6.07) is 9.23. The Kier molecular flexibility index (Phi) is 3.94. The van der Waals surface area contributed by atoms with Crippen LogP contribution in [0.4, 0.5) is 0 Å². The second kappa shape index (κ2) is 6.11. The molecule has 2 aliphatic rings. The SMILES string of the molecule is O=C1CS/C(=C2\C(=O)Nn3c(nnc3-c3ccccc3)SC2=O)S1. The van der Waals surface area contributed by atoms with Crippen molar-refractivity contribution >= 4 is 51.4 Å². The van der Waals surface area contributed by atoms with E-state index < -0.39 is 11.0 Å². The number of fused-ring (bicyclic) bond motifs is 1. The van der Waals surface area contributed by atoms with Crippen molar-refractivity contribution in [1.29, 1.82) is 0 Å². The first-order valence-electron chi connectivity index (χ1n) is 6.75. The summed E-state index contributed by atoms with van der Waals surface area (Å²) in [5, 5.41) is 7.82. The zero-order valence-corrected chi connectivity index (χ0v) is 14.3. The van der Waals surface area contributed by atoms with Gasteiger partial charge in [-0.15, -0.1) is 22.0 Å². The lowest BCUT2D eigenvalue weighted by Gasteiger charge is -2.08. The fourth-order valence-corrected chi connectivity index (χ4v) is 5.25. The van der Waals surface area contributed by atoms with Crippen molar-refractivity contribution in [1.82, 2.24) is 14.9 Å². The maximum atomic E-state index is 12.5. The Morgan fingerprint density at radius 1 is 1.04 bits per heavy atom. The van der Waals surface area contributed by atoms with E-state index in [2.05, 4.69) is 15.6 Å². The van der Waals surface area contributed by atoms with Crippen LogP contribution in [-0.4, -0.2) is 36.8 Å². The van der Waals surface area contributed by atoms with Gasteiger partial charge in [0.1, 0.15) is 5.57 Å². The molecule has 10 heteroatoms. The third kappa shape index (κ3) is 2.66. The lowest BCUT2D eigenvalue weighted by molar-refractivity contribution is -0.116. The van der Waals surface area contributed by atoms with Crippen LogP contribution in [0.5, 0.6) is 0 Å². The van der Waals surface area contributed by atoms with E-state index in [1.165, 1.54) is 16.4 Å². The molecule has 120 valence electrons. The van der Waals surface area contributed by atoms with Gasteiger partial charge < -0.3 is 0 Å². The number of nitrogens with zero attached hydrogens (tertiary/aromatic N) is 3. The average molecular weight is 376 g/mol. The van der Waals surface area contributed by atoms with E-state index in [0.29, 0.717) is 10.1 Å². The maximum Gasteiger partial charge on any atom is 0.276 e. The Morgan fingerprint density at radius 3 is 2.54 bits per heavy atom. The summed E-state index contributed by atoms with van der Waals surface area (Å²) < 4.78 is 1.84. The third-order valence-electron chi connectivity index (χ3n) is 3.23. The predicted molar refractivity (Wildman–Crippen MR) is 92.8 cm³/mol. The van der Waals surface area contributed by atoms with Crippen molar-refractivity contribution in [3.8, 4) is 11.4 Å². The number of carbonyl (C=O) groups excluding carboxylic acids is 3. The van der Waals surface area contributed by atoms with Crippen LogP contribution in [0.2, 0.25) is 0 Å². The summed E-state index contributed by atoms with van der Waals surface area (Å²) in [7, 11) is 0. The molecule has 0 saturated carbocycles. The summed E-state index contributed by atoms with van der Waals surface area (Å²) >= 11 is 2.96. The maximum absolute atomic E-state index is 12.5. The van der Waals surface area contributed by atoms with Crippen LogP contribution in [0.3, 0.4) is 0 Å².